The van der Waals surface area contributed by atoms with Crippen LogP contribution < -0.4 is 5.32 Å². The van der Waals surface area contributed by atoms with Crippen molar-refractivity contribution in [2.45, 2.75) is 32.2 Å². The molecule has 0 atom stereocenters. The van der Waals surface area contributed by atoms with Gasteiger partial charge < -0.3 is 5.32 Å². The Balaban J connectivity index is 1.79. The van der Waals surface area contributed by atoms with E-state index in [9.17, 15) is 0 Å². The molecular formula is C13H19ClN2. The molecule has 1 saturated carbocycles. The minimum Gasteiger partial charge on any atom is -0.311 e. The zero-order valence-electron chi connectivity index (χ0n) is 9.58. The molecule has 3 heteroatoms. The van der Waals surface area contributed by atoms with Crippen LogP contribution in [0.2, 0.25) is 0 Å². The number of nitrogens with zero attached hydrogens (tertiary/aromatic N) is 1. The SMILES string of the molecule is ClCC1(CNCc2ccccn2)CCCC1. The Morgan fingerprint density at radius 3 is 2.75 bits per heavy atom. The molecule has 16 heavy (non-hydrogen) atoms. The fourth-order valence-corrected chi connectivity index (χ4v) is 2.80. The summed E-state index contributed by atoms with van der Waals surface area (Å²) in [5, 5.41) is 3.49. The molecule has 0 unspecified atom stereocenters. The van der Waals surface area contributed by atoms with Crippen molar-refractivity contribution in [2.75, 3.05) is 12.4 Å². The minimum atomic E-state index is 0.344. The second kappa shape index (κ2) is 5.65. The van der Waals surface area contributed by atoms with Gasteiger partial charge in [0.05, 0.1) is 5.69 Å². The van der Waals surface area contributed by atoms with Gasteiger partial charge in [0.15, 0.2) is 0 Å². The van der Waals surface area contributed by atoms with E-state index < -0.39 is 0 Å². The molecule has 0 saturated heterocycles. The molecule has 0 bridgehead atoms. The highest BCUT2D eigenvalue weighted by molar-refractivity contribution is 6.18. The largest absolute Gasteiger partial charge is 0.311 e. The lowest BCUT2D eigenvalue weighted by Gasteiger charge is -2.26. The van der Waals surface area contributed by atoms with Gasteiger partial charge in [-0.2, -0.15) is 0 Å². The molecule has 2 nitrogen and oxygen atoms in total. The number of halogens is 1. The molecular weight excluding hydrogens is 220 g/mol. The minimum absolute atomic E-state index is 0.344. The van der Waals surface area contributed by atoms with Crippen LogP contribution in [0.5, 0.6) is 0 Å². The van der Waals surface area contributed by atoms with E-state index in [2.05, 4.69) is 16.4 Å². The quantitative estimate of drug-likeness (QED) is 0.798. The normalized spacial score (nSPS) is 18.8. The molecule has 0 radical (unpaired) electrons. The maximum atomic E-state index is 6.09. The predicted molar refractivity (Wildman–Crippen MR) is 67.6 cm³/mol. The Morgan fingerprint density at radius 1 is 1.31 bits per heavy atom. The summed E-state index contributed by atoms with van der Waals surface area (Å²) in [5.74, 6) is 0.780. The van der Waals surface area contributed by atoms with Crippen LogP contribution in [0.1, 0.15) is 31.4 Å². The van der Waals surface area contributed by atoms with Gasteiger partial charge in [0.2, 0.25) is 0 Å². The van der Waals surface area contributed by atoms with Crippen molar-refractivity contribution in [1.29, 1.82) is 0 Å². The Kier molecular flexibility index (Phi) is 4.19. The molecule has 0 aromatic carbocycles. The maximum absolute atomic E-state index is 6.09. The van der Waals surface area contributed by atoms with E-state index in [1.165, 1.54) is 25.7 Å². The van der Waals surface area contributed by atoms with Gasteiger partial charge in [-0.05, 0) is 30.4 Å². The monoisotopic (exact) mass is 238 g/mol. The van der Waals surface area contributed by atoms with Crippen LogP contribution in [0, 0.1) is 5.41 Å². The second-order valence-electron chi connectivity index (χ2n) is 4.77. The average Bonchev–Trinajstić information content (AvgIpc) is 2.80. The summed E-state index contributed by atoms with van der Waals surface area (Å²) in [6, 6.07) is 6.02. The van der Waals surface area contributed by atoms with Gasteiger partial charge in [0, 0.05) is 25.2 Å². The average molecular weight is 239 g/mol. The topological polar surface area (TPSA) is 24.9 Å². The van der Waals surface area contributed by atoms with E-state index in [-0.39, 0.29) is 0 Å². The highest BCUT2D eigenvalue weighted by Gasteiger charge is 2.32. The van der Waals surface area contributed by atoms with Crippen molar-refractivity contribution >= 4 is 11.6 Å². The van der Waals surface area contributed by atoms with Gasteiger partial charge >= 0.3 is 0 Å². The summed E-state index contributed by atoms with van der Waals surface area (Å²) in [6.45, 7) is 1.87. The number of nitrogens with one attached hydrogen (secondary N) is 1. The van der Waals surface area contributed by atoms with Crippen LogP contribution in [-0.4, -0.2) is 17.4 Å². The zero-order chi connectivity index (χ0) is 11.3. The van der Waals surface area contributed by atoms with Crippen molar-refractivity contribution in [3.63, 3.8) is 0 Å². The number of alkyl halides is 1. The van der Waals surface area contributed by atoms with Crippen LogP contribution in [0.4, 0.5) is 0 Å². The van der Waals surface area contributed by atoms with Crippen LogP contribution in [0.25, 0.3) is 0 Å². The molecule has 1 heterocycles. The lowest BCUT2D eigenvalue weighted by Crippen LogP contribution is -2.33. The Hall–Kier alpha value is -0.600. The summed E-state index contributed by atoms with van der Waals surface area (Å²) in [6.07, 6.45) is 7.04. The van der Waals surface area contributed by atoms with Gasteiger partial charge in [-0.15, -0.1) is 11.6 Å². The van der Waals surface area contributed by atoms with E-state index in [1.807, 2.05) is 18.3 Å². The lowest BCUT2D eigenvalue weighted by molar-refractivity contribution is 0.319. The van der Waals surface area contributed by atoms with Crippen molar-refractivity contribution < 1.29 is 0 Å². The maximum Gasteiger partial charge on any atom is 0.0541 e. The first-order valence-electron chi connectivity index (χ1n) is 6.01. The smallest absolute Gasteiger partial charge is 0.0541 e. The van der Waals surface area contributed by atoms with Crippen LogP contribution in [0.3, 0.4) is 0 Å². The Morgan fingerprint density at radius 2 is 2.12 bits per heavy atom. The van der Waals surface area contributed by atoms with E-state index in [0.717, 1.165) is 24.7 Å². The molecule has 0 amide bonds. The first-order valence-corrected chi connectivity index (χ1v) is 6.55. The van der Waals surface area contributed by atoms with Crippen molar-refractivity contribution in [3.8, 4) is 0 Å². The number of rotatable bonds is 5. The first kappa shape index (κ1) is 11.9. The summed E-state index contributed by atoms with van der Waals surface area (Å²) >= 11 is 6.09. The highest BCUT2D eigenvalue weighted by Crippen LogP contribution is 2.38. The summed E-state index contributed by atoms with van der Waals surface area (Å²) in [7, 11) is 0. The van der Waals surface area contributed by atoms with E-state index in [4.69, 9.17) is 11.6 Å². The zero-order valence-corrected chi connectivity index (χ0v) is 10.3. The summed E-state index contributed by atoms with van der Waals surface area (Å²) in [5.41, 5.74) is 1.45. The Bertz CT molecular complexity index is 307. The van der Waals surface area contributed by atoms with Gasteiger partial charge in [0.1, 0.15) is 0 Å². The van der Waals surface area contributed by atoms with Crippen molar-refractivity contribution in [2.24, 2.45) is 5.41 Å². The standard InChI is InChI=1S/C13H19ClN2/c14-10-13(6-2-3-7-13)11-15-9-12-5-1-4-8-16-12/h1,4-5,8,15H,2-3,6-7,9-11H2. The van der Waals surface area contributed by atoms with Crippen LogP contribution >= 0.6 is 11.6 Å². The van der Waals surface area contributed by atoms with E-state index >= 15 is 0 Å². The first-order chi connectivity index (χ1) is 7.85. The molecule has 0 aliphatic heterocycles. The molecule has 1 aliphatic rings. The molecule has 1 N–H and O–H groups in total. The molecule has 1 aromatic heterocycles. The molecule has 1 fully saturated rings. The fraction of sp³-hybridized carbons (Fsp3) is 0.615. The van der Waals surface area contributed by atoms with Gasteiger partial charge in [-0.1, -0.05) is 18.9 Å². The van der Waals surface area contributed by atoms with E-state index in [1.54, 1.807) is 0 Å². The fourth-order valence-electron chi connectivity index (χ4n) is 2.44. The van der Waals surface area contributed by atoms with E-state index in [0.29, 0.717) is 5.41 Å². The number of aromatic nitrogens is 1. The summed E-state index contributed by atoms with van der Waals surface area (Å²) < 4.78 is 0. The molecule has 2 rings (SSSR count). The third kappa shape index (κ3) is 2.96. The predicted octanol–water partition coefficient (Wildman–Crippen LogP) is 2.97. The number of pyridine rings is 1. The van der Waals surface area contributed by atoms with Gasteiger partial charge in [-0.25, -0.2) is 0 Å². The second-order valence-corrected chi connectivity index (χ2v) is 5.03. The van der Waals surface area contributed by atoms with Gasteiger partial charge in [-0.3, -0.25) is 4.98 Å². The summed E-state index contributed by atoms with van der Waals surface area (Å²) in [4.78, 5) is 4.30. The molecule has 1 aromatic rings. The van der Waals surface area contributed by atoms with Gasteiger partial charge in [0.25, 0.3) is 0 Å². The molecule has 1 aliphatic carbocycles. The van der Waals surface area contributed by atoms with Crippen molar-refractivity contribution in [3.05, 3.63) is 30.1 Å². The third-order valence-electron chi connectivity index (χ3n) is 3.48. The third-order valence-corrected chi connectivity index (χ3v) is 4.05. The number of hydrogen-bond acceptors (Lipinski definition) is 2. The molecule has 88 valence electrons. The Labute approximate surface area is 102 Å². The van der Waals surface area contributed by atoms with Crippen LogP contribution in [-0.2, 0) is 6.54 Å². The molecule has 0 spiro atoms. The highest BCUT2D eigenvalue weighted by atomic mass is 35.5. The lowest BCUT2D eigenvalue weighted by atomic mass is 9.88. The van der Waals surface area contributed by atoms with Crippen LogP contribution in [0.15, 0.2) is 24.4 Å². The van der Waals surface area contributed by atoms with Crippen molar-refractivity contribution in [1.82, 2.24) is 10.3 Å². The number of hydrogen-bond donors (Lipinski definition) is 1.